The van der Waals surface area contributed by atoms with Crippen LogP contribution >= 0.6 is 11.3 Å². The lowest BCUT2D eigenvalue weighted by molar-refractivity contribution is -0.117. The van der Waals surface area contributed by atoms with Crippen LogP contribution in [0.2, 0.25) is 18.1 Å². The number of ether oxygens (including phenoxy) is 1. The van der Waals surface area contributed by atoms with E-state index < -0.39 is 8.32 Å². The molecule has 1 aliphatic rings. The first-order chi connectivity index (χ1) is 18.0. The largest absolute Gasteiger partial charge is 0.465 e. The molecule has 2 atom stereocenters. The number of esters is 1. The summed E-state index contributed by atoms with van der Waals surface area (Å²) >= 11 is 1.50. The third-order valence-electron chi connectivity index (χ3n) is 8.19. The minimum atomic E-state index is -1.91. The van der Waals surface area contributed by atoms with Gasteiger partial charge in [-0.15, -0.1) is 11.3 Å². The van der Waals surface area contributed by atoms with Gasteiger partial charge < -0.3 is 14.1 Å². The lowest BCUT2D eigenvalue weighted by atomic mass is 10.0. The predicted molar refractivity (Wildman–Crippen MR) is 161 cm³/mol. The number of nitrogens with zero attached hydrogens (tertiary/aromatic N) is 1. The number of hydrogen-bond acceptors (Lipinski definition) is 5. The first-order valence-electron chi connectivity index (χ1n) is 14.2. The highest BCUT2D eigenvalue weighted by Gasteiger charge is 2.39. The summed E-state index contributed by atoms with van der Waals surface area (Å²) < 4.78 is 11.7. The lowest BCUT2D eigenvalue weighted by Gasteiger charge is -2.39. The van der Waals surface area contributed by atoms with Gasteiger partial charge in [-0.3, -0.25) is 4.79 Å². The van der Waals surface area contributed by atoms with Crippen LogP contribution in [-0.4, -0.2) is 33.3 Å². The van der Waals surface area contributed by atoms with Crippen LogP contribution in [0.4, 0.5) is 5.69 Å². The number of unbranched alkanes of at least 4 members (excludes halogenated alkanes) is 2. The van der Waals surface area contributed by atoms with Crippen LogP contribution in [0.5, 0.6) is 0 Å². The predicted octanol–water partition coefficient (Wildman–Crippen LogP) is 8.70. The Morgan fingerprint density at radius 1 is 1.11 bits per heavy atom. The Labute approximate surface area is 235 Å². The summed E-state index contributed by atoms with van der Waals surface area (Å²) in [5, 5.41) is 0.162. The van der Waals surface area contributed by atoms with Crippen molar-refractivity contribution in [2.24, 2.45) is 0 Å². The normalized spacial score (nSPS) is 17.2. The molecule has 1 aromatic heterocycles. The Morgan fingerprint density at radius 2 is 1.82 bits per heavy atom. The molecule has 1 amide bonds. The van der Waals surface area contributed by atoms with Gasteiger partial charge in [-0.05, 0) is 80.1 Å². The van der Waals surface area contributed by atoms with E-state index in [-0.39, 0.29) is 29.1 Å². The highest BCUT2D eigenvalue weighted by molar-refractivity contribution is 7.13. The fourth-order valence-electron chi connectivity index (χ4n) is 4.86. The molecule has 1 saturated heterocycles. The average Bonchev–Trinajstić information content (AvgIpc) is 3.49. The number of anilines is 1. The first kappa shape index (κ1) is 30.6. The number of aryl methyl sites for hydroxylation is 1. The van der Waals surface area contributed by atoms with Gasteiger partial charge in [-0.1, -0.05) is 59.1 Å². The molecule has 0 saturated carbocycles. The van der Waals surface area contributed by atoms with E-state index in [0.29, 0.717) is 11.3 Å². The molecule has 1 aromatic carbocycles. The molecule has 0 N–H and O–H groups in total. The highest BCUT2D eigenvalue weighted by Crippen LogP contribution is 2.41. The van der Waals surface area contributed by atoms with Crippen molar-refractivity contribution in [1.82, 2.24) is 0 Å². The molecule has 0 aliphatic carbocycles. The number of carbonyl (C=O) groups excluding carboxylic acids is 2. The molecule has 1 fully saturated rings. The monoisotopic (exact) mass is 557 g/mol. The van der Waals surface area contributed by atoms with Crippen LogP contribution in [0.25, 0.3) is 0 Å². The highest BCUT2D eigenvalue weighted by atomic mass is 32.1. The Bertz CT molecular complexity index is 1060. The maximum Gasteiger partial charge on any atom is 0.348 e. The first-order valence-corrected chi connectivity index (χ1v) is 18.0. The smallest absolute Gasteiger partial charge is 0.348 e. The van der Waals surface area contributed by atoms with Gasteiger partial charge in [0, 0.05) is 23.0 Å². The van der Waals surface area contributed by atoms with Gasteiger partial charge in [-0.25, -0.2) is 4.79 Å². The molecule has 3 rings (SSSR count). The molecule has 2 heterocycles. The van der Waals surface area contributed by atoms with Crippen LogP contribution in [0, 0.1) is 0 Å². The second-order valence-corrected chi connectivity index (χ2v) is 18.0. The van der Waals surface area contributed by atoms with Crippen molar-refractivity contribution in [3.63, 3.8) is 0 Å². The van der Waals surface area contributed by atoms with Crippen molar-refractivity contribution in [3.05, 3.63) is 51.7 Å². The van der Waals surface area contributed by atoms with Gasteiger partial charge in [0.2, 0.25) is 5.91 Å². The van der Waals surface area contributed by atoms with Gasteiger partial charge in [-0.2, -0.15) is 0 Å². The molecule has 2 aromatic rings. The van der Waals surface area contributed by atoms with Crippen molar-refractivity contribution in [2.75, 3.05) is 12.0 Å². The number of hydrogen-bond donors (Lipinski definition) is 0. The van der Waals surface area contributed by atoms with Crippen molar-refractivity contribution >= 4 is 37.2 Å². The summed E-state index contributed by atoms with van der Waals surface area (Å²) in [6.45, 7) is 13.8. The minimum absolute atomic E-state index is 0.0993. The molecule has 5 nitrogen and oxygen atoms in total. The van der Waals surface area contributed by atoms with Crippen LogP contribution < -0.4 is 4.90 Å². The molecule has 0 bridgehead atoms. The Kier molecular flexibility index (Phi) is 10.8. The number of carbonyl (C=O) groups is 2. The van der Waals surface area contributed by atoms with Crippen LogP contribution in [0.1, 0.15) is 105 Å². The Balaban J connectivity index is 1.67. The summed E-state index contributed by atoms with van der Waals surface area (Å²) in [5.74, 6) is -0.0663. The summed E-state index contributed by atoms with van der Waals surface area (Å²) in [4.78, 5) is 28.4. The van der Waals surface area contributed by atoms with E-state index in [0.717, 1.165) is 44.2 Å². The molecule has 1 aliphatic heterocycles. The van der Waals surface area contributed by atoms with Gasteiger partial charge >= 0.3 is 5.97 Å². The van der Waals surface area contributed by atoms with Crippen molar-refractivity contribution in [2.45, 2.75) is 116 Å². The zero-order valence-corrected chi connectivity index (χ0v) is 26.3. The van der Waals surface area contributed by atoms with Gasteiger partial charge in [0.15, 0.2) is 8.32 Å². The van der Waals surface area contributed by atoms with E-state index in [2.05, 4.69) is 65.1 Å². The topological polar surface area (TPSA) is 55.8 Å². The lowest BCUT2D eigenvalue weighted by Crippen LogP contribution is -2.41. The van der Waals surface area contributed by atoms with Crippen molar-refractivity contribution in [3.8, 4) is 0 Å². The quantitative estimate of drug-likeness (QED) is 0.140. The van der Waals surface area contributed by atoms with Gasteiger partial charge in [0.1, 0.15) is 4.88 Å². The number of methoxy groups -OCH3 is 1. The standard InChI is InChI=1S/C31H47NO4SSi/c1-8-9-10-14-27(36-38(6,7)31(2,3)4)23-15-17-25(18-16-23)32-24(19-22-29(32)33)12-11-13-26-20-21-28(37-26)30(34)35-5/h15-18,20-21,24,27H,8-14,19,22H2,1-7H3/t24-,27?/m0/s1. The molecule has 1 unspecified atom stereocenters. The molecule has 0 radical (unpaired) electrons. The maximum absolute atomic E-state index is 12.9. The zero-order valence-electron chi connectivity index (χ0n) is 24.5. The molecule has 7 heteroatoms. The van der Waals surface area contributed by atoms with Gasteiger partial charge in [0.25, 0.3) is 0 Å². The maximum atomic E-state index is 12.9. The third kappa shape index (κ3) is 7.79. The second kappa shape index (κ2) is 13.4. The molecule has 38 heavy (non-hydrogen) atoms. The van der Waals surface area contributed by atoms with E-state index >= 15 is 0 Å². The van der Waals surface area contributed by atoms with E-state index in [1.165, 1.54) is 41.7 Å². The summed E-state index contributed by atoms with van der Waals surface area (Å²) in [6.07, 6.45) is 9.05. The zero-order chi connectivity index (χ0) is 27.9. The van der Waals surface area contributed by atoms with Crippen molar-refractivity contribution in [1.29, 1.82) is 0 Å². The molecule has 210 valence electrons. The second-order valence-electron chi connectivity index (χ2n) is 12.1. The number of thiophene rings is 1. The molecule has 0 spiro atoms. The van der Waals surface area contributed by atoms with Crippen molar-refractivity contribution < 1.29 is 18.8 Å². The average molecular weight is 558 g/mol. The third-order valence-corrected chi connectivity index (χ3v) is 13.8. The Morgan fingerprint density at radius 3 is 2.45 bits per heavy atom. The fourth-order valence-corrected chi connectivity index (χ4v) is 7.15. The number of amides is 1. The summed E-state index contributed by atoms with van der Waals surface area (Å²) in [5.41, 5.74) is 2.21. The molecular weight excluding hydrogens is 510 g/mol. The van der Waals surface area contributed by atoms with E-state index in [9.17, 15) is 9.59 Å². The number of rotatable bonds is 13. The minimum Gasteiger partial charge on any atom is -0.465 e. The van der Waals surface area contributed by atoms with E-state index in [1.807, 2.05) is 17.0 Å². The van der Waals surface area contributed by atoms with Crippen LogP contribution in [-0.2, 0) is 20.4 Å². The van der Waals surface area contributed by atoms with E-state index in [4.69, 9.17) is 9.16 Å². The Hall–Kier alpha value is -1.96. The summed E-state index contributed by atoms with van der Waals surface area (Å²) in [7, 11) is -0.501. The van der Waals surface area contributed by atoms with E-state index in [1.54, 1.807) is 0 Å². The van der Waals surface area contributed by atoms with Crippen LogP contribution in [0.3, 0.4) is 0 Å². The van der Waals surface area contributed by atoms with Crippen LogP contribution in [0.15, 0.2) is 36.4 Å². The molecular formula is C31H47NO4SSi. The SMILES string of the molecule is CCCCCC(O[Si](C)(C)C(C)(C)C)c1ccc(N2C(=O)CC[C@@H]2CCCc2ccc(C(=O)OC)s2)cc1. The van der Waals surface area contributed by atoms with Gasteiger partial charge in [0.05, 0.1) is 13.2 Å². The number of benzene rings is 1. The fraction of sp³-hybridized carbons (Fsp3) is 0.613. The summed E-state index contributed by atoms with van der Waals surface area (Å²) in [6, 6.07) is 12.7.